The summed E-state index contributed by atoms with van der Waals surface area (Å²) < 4.78 is 0. The summed E-state index contributed by atoms with van der Waals surface area (Å²) in [6.45, 7) is 1.65. The highest BCUT2D eigenvalue weighted by Gasteiger charge is 2.25. The van der Waals surface area contributed by atoms with Crippen molar-refractivity contribution in [2.45, 2.75) is 6.42 Å². The molecule has 0 unspecified atom stereocenters. The van der Waals surface area contributed by atoms with Gasteiger partial charge in [0.15, 0.2) is 0 Å². The highest BCUT2D eigenvalue weighted by atomic mass is 35.5. The number of hydrogen-bond acceptors (Lipinski definition) is 3. The van der Waals surface area contributed by atoms with E-state index in [-0.39, 0.29) is 0 Å². The lowest BCUT2D eigenvalue weighted by Crippen LogP contribution is -2.25. The minimum absolute atomic E-state index is 0.579. The van der Waals surface area contributed by atoms with Gasteiger partial charge in [-0.3, -0.25) is 4.99 Å². The van der Waals surface area contributed by atoms with E-state index in [1.807, 2.05) is 24.4 Å². The van der Waals surface area contributed by atoms with Gasteiger partial charge in [0.25, 0.3) is 0 Å². The van der Waals surface area contributed by atoms with Gasteiger partial charge in [0, 0.05) is 36.4 Å². The maximum absolute atomic E-state index is 6.11. The zero-order valence-electron chi connectivity index (χ0n) is 11.3. The molecule has 0 saturated carbocycles. The highest BCUT2D eigenvalue weighted by molar-refractivity contribution is 6.42. The molecule has 106 valence electrons. The third-order valence-electron chi connectivity index (χ3n) is 3.89. The molecule has 0 bridgehead atoms. The van der Waals surface area contributed by atoms with Crippen LogP contribution in [0.1, 0.15) is 6.42 Å². The van der Waals surface area contributed by atoms with Crippen molar-refractivity contribution < 1.29 is 0 Å². The van der Waals surface area contributed by atoms with Gasteiger partial charge in [0.2, 0.25) is 0 Å². The average Bonchev–Trinajstić information content (AvgIpc) is 2.90. The number of nitrogens with zero attached hydrogens (tertiary/aromatic N) is 3. The normalized spacial score (nSPS) is 19.8. The first-order valence-corrected chi connectivity index (χ1v) is 7.59. The first-order valence-electron chi connectivity index (χ1n) is 6.83. The number of anilines is 1. The van der Waals surface area contributed by atoms with Gasteiger partial charge in [-0.15, -0.1) is 0 Å². The van der Waals surface area contributed by atoms with Crippen molar-refractivity contribution in [3.05, 3.63) is 63.6 Å². The number of aliphatic imine (C=N–C) groups is 1. The van der Waals surface area contributed by atoms with Crippen LogP contribution in [0.4, 0.5) is 5.69 Å². The van der Waals surface area contributed by atoms with Gasteiger partial charge >= 0.3 is 0 Å². The summed E-state index contributed by atoms with van der Waals surface area (Å²) in [5, 5.41) is 1.16. The zero-order valence-corrected chi connectivity index (χ0v) is 12.8. The molecule has 0 atom stereocenters. The van der Waals surface area contributed by atoms with Crippen molar-refractivity contribution in [2.75, 3.05) is 18.1 Å². The number of halogens is 2. The summed E-state index contributed by atoms with van der Waals surface area (Å²) in [6.07, 6.45) is 9.54. The van der Waals surface area contributed by atoms with Gasteiger partial charge in [-0.1, -0.05) is 23.2 Å². The van der Waals surface area contributed by atoms with Crippen molar-refractivity contribution in [1.82, 2.24) is 4.90 Å². The van der Waals surface area contributed by atoms with Crippen LogP contribution in [0.3, 0.4) is 0 Å². The van der Waals surface area contributed by atoms with Gasteiger partial charge < -0.3 is 9.80 Å². The van der Waals surface area contributed by atoms with Crippen LogP contribution in [-0.4, -0.2) is 24.3 Å². The molecule has 0 N–H and O–H groups in total. The molecule has 21 heavy (non-hydrogen) atoms. The summed E-state index contributed by atoms with van der Waals surface area (Å²) in [5.74, 6) is 0. The molecule has 0 saturated heterocycles. The molecule has 1 aromatic carbocycles. The van der Waals surface area contributed by atoms with Gasteiger partial charge in [-0.2, -0.15) is 0 Å². The van der Waals surface area contributed by atoms with E-state index in [0.29, 0.717) is 10.0 Å². The lowest BCUT2D eigenvalue weighted by atomic mass is 9.98. The minimum Gasteiger partial charge on any atom is -0.328 e. The van der Waals surface area contributed by atoms with Gasteiger partial charge in [0.1, 0.15) is 0 Å². The Labute approximate surface area is 133 Å². The van der Waals surface area contributed by atoms with E-state index in [9.17, 15) is 0 Å². The molecule has 1 aromatic rings. The van der Waals surface area contributed by atoms with Crippen molar-refractivity contribution in [1.29, 1.82) is 0 Å². The van der Waals surface area contributed by atoms with Gasteiger partial charge in [0.05, 0.1) is 22.4 Å². The largest absolute Gasteiger partial charge is 0.328 e. The molecule has 4 rings (SSSR count). The quantitative estimate of drug-likeness (QED) is 0.772. The third-order valence-corrected chi connectivity index (χ3v) is 4.63. The first-order chi connectivity index (χ1) is 10.2. The van der Waals surface area contributed by atoms with Crippen molar-refractivity contribution in [3.63, 3.8) is 0 Å². The van der Waals surface area contributed by atoms with Crippen LogP contribution in [0.5, 0.6) is 0 Å². The molecule has 0 aromatic heterocycles. The number of allylic oxidation sites excluding steroid dienone is 2. The molecule has 5 heteroatoms. The van der Waals surface area contributed by atoms with E-state index in [0.717, 1.165) is 25.3 Å². The third kappa shape index (κ3) is 2.27. The van der Waals surface area contributed by atoms with Crippen molar-refractivity contribution in [2.24, 2.45) is 4.99 Å². The Morgan fingerprint density at radius 2 is 1.95 bits per heavy atom. The van der Waals surface area contributed by atoms with E-state index >= 15 is 0 Å². The molecular weight excluding hydrogens is 305 g/mol. The maximum atomic E-state index is 6.11. The maximum Gasteiger partial charge on any atom is 0.0989 e. The Kier molecular flexibility index (Phi) is 3.05. The number of rotatable bonds is 1. The van der Waals surface area contributed by atoms with Crippen LogP contribution >= 0.6 is 23.2 Å². The fourth-order valence-electron chi connectivity index (χ4n) is 2.77. The SMILES string of the molecule is Clc1ccc(N2C=C3C=C4CCN=CC4=CN3C2)cc1Cl. The summed E-state index contributed by atoms with van der Waals surface area (Å²) in [6, 6.07) is 5.71. The average molecular weight is 318 g/mol. The van der Waals surface area contributed by atoms with Crippen LogP contribution in [0.2, 0.25) is 10.0 Å². The Morgan fingerprint density at radius 3 is 2.81 bits per heavy atom. The van der Waals surface area contributed by atoms with Crippen LogP contribution in [0.15, 0.2) is 58.5 Å². The van der Waals surface area contributed by atoms with Crippen LogP contribution in [0.25, 0.3) is 0 Å². The topological polar surface area (TPSA) is 18.8 Å². The van der Waals surface area contributed by atoms with E-state index in [1.54, 1.807) is 0 Å². The molecule has 3 heterocycles. The van der Waals surface area contributed by atoms with Gasteiger partial charge in [-0.05, 0) is 36.3 Å². The second-order valence-corrected chi connectivity index (χ2v) is 6.09. The smallest absolute Gasteiger partial charge is 0.0989 e. The van der Waals surface area contributed by atoms with Crippen LogP contribution in [-0.2, 0) is 0 Å². The Hall–Kier alpha value is -1.71. The fourth-order valence-corrected chi connectivity index (χ4v) is 3.06. The van der Waals surface area contributed by atoms with E-state index in [4.69, 9.17) is 23.2 Å². The zero-order chi connectivity index (χ0) is 14.4. The lowest BCUT2D eigenvalue weighted by Gasteiger charge is -2.25. The highest BCUT2D eigenvalue weighted by Crippen LogP contribution is 2.34. The predicted molar refractivity (Wildman–Crippen MR) is 87.9 cm³/mol. The number of hydrogen-bond donors (Lipinski definition) is 0. The minimum atomic E-state index is 0.579. The fraction of sp³-hybridized carbons (Fsp3) is 0.188. The van der Waals surface area contributed by atoms with Crippen LogP contribution < -0.4 is 4.90 Å². The number of benzene rings is 1. The molecule has 0 fully saturated rings. The first kappa shape index (κ1) is 13.0. The Morgan fingerprint density at radius 1 is 1.05 bits per heavy atom. The molecule has 0 amide bonds. The van der Waals surface area contributed by atoms with Crippen molar-refractivity contribution in [3.8, 4) is 0 Å². The molecular formula is C16H13Cl2N3. The monoisotopic (exact) mass is 317 g/mol. The van der Waals surface area contributed by atoms with Crippen molar-refractivity contribution >= 4 is 35.1 Å². The predicted octanol–water partition coefficient (Wildman–Crippen LogP) is 4.21. The summed E-state index contributed by atoms with van der Waals surface area (Å²) in [7, 11) is 0. The molecule has 0 aliphatic carbocycles. The lowest BCUT2D eigenvalue weighted by molar-refractivity contribution is 0.514. The second kappa shape index (κ2) is 4.93. The molecule has 3 aliphatic rings. The standard InChI is InChI=1S/C16H13Cl2N3/c17-15-2-1-13(6-16(15)18)21-9-14-5-11-3-4-19-7-12(11)8-20(14)10-21/h1-2,5-9H,3-4,10H2. The van der Waals surface area contributed by atoms with E-state index < -0.39 is 0 Å². The Balaban J connectivity index is 1.67. The summed E-state index contributed by atoms with van der Waals surface area (Å²) in [5.41, 5.74) is 4.83. The number of fused-ring (bicyclic) bond motifs is 2. The van der Waals surface area contributed by atoms with Gasteiger partial charge in [-0.25, -0.2) is 0 Å². The van der Waals surface area contributed by atoms with Crippen LogP contribution in [0, 0.1) is 0 Å². The molecule has 3 nitrogen and oxygen atoms in total. The molecule has 0 radical (unpaired) electrons. The van der Waals surface area contributed by atoms with E-state index in [1.165, 1.54) is 16.8 Å². The second-order valence-electron chi connectivity index (χ2n) is 5.27. The summed E-state index contributed by atoms with van der Waals surface area (Å²) in [4.78, 5) is 8.74. The van der Waals surface area contributed by atoms with E-state index in [2.05, 4.69) is 33.3 Å². The summed E-state index contributed by atoms with van der Waals surface area (Å²) >= 11 is 12.1. The Bertz CT molecular complexity index is 731. The molecule has 0 spiro atoms. The molecule has 3 aliphatic heterocycles.